The maximum atomic E-state index is 11.7. The molecule has 0 atom stereocenters. The topological polar surface area (TPSA) is 59.3 Å². The number of nitrogens with zero attached hydrogens (tertiary/aromatic N) is 3. The van der Waals surface area contributed by atoms with E-state index < -0.39 is 0 Å². The molecule has 2 aromatic rings. The van der Waals surface area contributed by atoms with Crippen molar-refractivity contribution in [2.75, 3.05) is 13.1 Å². The molecule has 3 rings (SSSR count). The van der Waals surface area contributed by atoms with Gasteiger partial charge in [0.2, 0.25) is 0 Å². The minimum absolute atomic E-state index is 0.120. The van der Waals surface area contributed by atoms with Crippen molar-refractivity contribution in [3.8, 4) is 0 Å². The molecule has 3 heterocycles. The van der Waals surface area contributed by atoms with Crippen LogP contribution in [-0.4, -0.2) is 27.7 Å². The summed E-state index contributed by atoms with van der Waals surface area (Å²) < 4.78 is 1.39. The van der Waals surface area contributed by atoms with Gasteiger partial charge >= 0.3 is 0 Å². The van der Waals surface area contributed by atoms with Crippen molar-refractivity contribution >= 4 is 5.65 Å². The SMILES string of the molecule is O=c1ccnc2ccc(C3CCNCC3)nn12. The molecule has 0 radical (unpaired) electrons. The molecule has 1 aliphatic rings. The van der Waals surface area contributed by atoms with E-state index in [9.17, 15) is 4.79 Å². The summed E-state index contributed by atoms with van der Waals surface area (Å²) in [6, 6.07) is 5.29. The van der Waals surface area contributed by atoms with Gasteiger partial charge in [-0.15, -0.1) is 0 Å². The summed E-state index contributed by atoms with van der Waals surface area (Å²) >= 11 is 0. The predicted octanol–water partition coefficient (Wildman–Crippen LogP) is 0.556. The van der Waals surface area contributed by atoms with Crippen molar-refractivity contribution in [3.63, 3.8) is 0 Å². The van der Waals surface area contributed by atoms with Crippen LogP contribution in [0.1, 0.15) is 24.5 Å². The van der Waals surface area contributed by atoms with E-state index >= 15 is 0 Å². The third kappa shape index (κ3) is 1.93. The number of aromatic nitrogens is 3. The third-order valence-corrected chi connectivity index (χ3v) is 3.23. The Balaban J connectivity index is 2.06. The van der Waals surface area contributed by atoms with Gasteiger partial charge in [0.1, 0.15) is 0 Å². The van der Waals surface area contributed by atoms with Crippen LogP contribution in [0.5, 0.6) is 0 Å². The first-order chi connectivity index (χ1) is 8.34. The number of fused-ring (bicyclic) bond motifs is 1. The van der Waals surface area contributed by atoms with Crippen LogP contribution in [-0.2, 0) is 0 Å². The average molecular weight is 230 g/mol. The standard InChI is InChI=1S/C12H14N4O/c17-12-5-8-14-11-2-1-10(15-16(11)12)9-3-6-13-7-4-9/h1-2,5,8-9,13H,3-4,6-7H2. The van der Waals surface area contributed by atoms with Crippen molar-refractivity contribution in [2.45, 2.75) is 18.8 Å². The summed E-state index contributed by atoms with van der Waals surface area (Å²) in [6.45, 7) is 2.04. The fraction of sp³-hybridized carbons (Fsp3) is 0.417. The minimum atomic E-state index is -0.120. The van der Waals surface area contributed by atoms with E-state index in [4.69, 9.17) is 0 Å². The van der Waals surface area contributed by atoms with Gasteiger partial charge in [-0.25, -0.2) is 4.98 Å². The smallest absolute Gasteiger partial charge is 0.274 e. The van der Waals surface area contributed by atoms with Crippen LogP contribution in [0.4, 0.5) is 0 Å². The summed E-state index contributed by atoms with van der Waals surface area (Å²) in [5, 5.41) is 7.74. The lowest BCUT2D eigenvalue weighted by Crippen LogP contribution is -2.28. The molecule has 0 saturated carbocycles. The Morgan fingerprint density at radius 2 is 2.06 bits per heavy atom. The van der Waals surface area contributed by atoms with Crippen LogP contribution in [0.3, 0.4) is 0 Å². The molecule has 0 spiro atoms. The van der Waals surface area contributed by atoms with Crippen LogP contribution in [0, 0.1) is 0 Å². The van der Waals surface area contributed by atoms with Crippen LogP contribution in [0.25, 0.3) is 5.65 Å². The van der Waals surface area contributed by atoms with Crippen LogP contribution >= 0.6 is 0 Å². The average Bonchev–Trinajstić information content (AvgIpc) is 2.40. The maximum absolute atomic E-state index is 11.7. The first-order valence-corrected chi connectivity index (χ1v) is 5.90. The van der Waals surface area contributed by atoms with E-state index in [1.54, 1.807) is 0 Å². The van der Waals surface area contributed by atoms with E-state index in [1.807, 2.05) is 12.1 Å². The lowest BCUT2D eigenvalue weighted by molar-refractivity contribution is 0.448. The van der Waals surface area contributed by atoms with Crippen LogP contribution < -0.4 is 10.9 Å². The molecular weight excluding hydrogens is 216 g/mol. The van der Waals surface area contributed by atoms with Gasteiger partial charge in [-0.2, -0.15) is 9.61 Å². The molecule has 1 N–H and O–H groups in total. The van der Waals surface area contributed by atoms with Gasteiger partial charge in [-0.05, 0) is 38.1 Å². The van der Waals surface area contributed by atoms with Gasteiger partial charge in [0.25, 0.3) is 5.56 Å². The zero-order valence-corrected chi connectivity index (χ0v) is 9.47. The Hall–Kier alpha value is -1.75. The Kier molecular flexibility index (Phi) is 2.60. The molecule has 0 aromatic carbocycles. The van der Waals surface area contributed by atoms with Crippen molar-refractivity contribution in [2.24, 2.45) is 0 Å². The normalized spacial score (nSPS) is 17.4. The molecule has 5 nitrogen and oxygen atoms in total. The van der Waals surface area contributed by atoms with Gasteiger partial charge < -0.3 is 5.32 Å². The summed E-state index contributed by atoms with van der Waals surface area (Å²) in [5.74, 6) is 0.452. The fourth-order valence-corrected chi connectivity index (χ4v) is 2.27. The quantitative estimate of drug-likeness (QED) is 0.777. The summed E-state index contributed by atoms with van der Waals surface area (Å²) in [4.78, 5) is 15.8. The Bertz CT molecular complexity index is 586. The molecule has 1 saturated heterocycles. The van der Waals surface area contributed by atoms with Crippen molar-refractivity contribution in [1.82, 2.24) is 19.9 Å². The van der Waals surface area contributed by atoms with E-state index in [2.05, 4.69) is 15.4 Å². The number of hydrogen-bond acceptors (Lipinski definition) is 4. The highest BCUT2D eigenvalue weighted by atomic mass is 16.1. The van der Waals surface area contributed by atoms with Gasteiger partial charge in [-0.3, -0.25) is 4.79 Å². The first kappa shape index (κ1) is 10.4. The first-order valence-electron chi connectivity index (χ1n) is 5.90. The maximum Gasteiger partial charge on any atom is 0.274 e. The highest BCUT2D eigenvalue weighted by Crippen LogP contribution is 2.22. The highest BCUT2D eigenvalue weighted by molar-refractivity contribution is 5.36. The Morgan fingerprint density at radius 1 is 1.24 bits per heavy atom. The second kappa shape index (κ2) is 4.25. The molecule has 1 aliphatic heterocycles. The zero-order valence-electron chi connectivity index (χ0n) is 9.47. The largest absolute Gasteiger partial charge is 0.317 e. The summed E-state index contributed by atoms with van der Waals surface area (Å²) in [6.07, 6.45) is 3.67. The monoisotopic (exact) mass is 230 g/mol. The second-order valence-electron chi connectivity index (χ2n) is 4.34. The Morgan fingerprint density at radius 3 is 2.88 bits per heavy atom. The number of piperidine rings is 1. The van der Waals surface area contributed by atoms with Crippen molar-refractivity contribution in [3.05, 3.63) is 40.4 Å². The molecule has 0 aliphatic carbocycles. The van der Waals surface area contributed by atoms with Crippen molar-refractivity contribution < 1.29 is 0 Å². The van der Waals surface area contributed by atoms with Gasteiger partial charge in [0.15, 0.2) is 5.65 Å². The summed E-state index contributed by atoms with van der Waals surface area (Å²) in [5.41, 5.74) is 1.48. The van der Waals surface area contributed by atoms with E-state index in [0.29, 0.717) is 11.6 Å². The molecule has 0 unspecified atom stereocenters. The minimum Gasteiger partial charge on any atom is -0.317 e. The molecule has 2 aromatic heterocycles. The number of rotatable bonds is 1. The van der Waals surface area contributed by atoms with E-state index in [0.717, 1.165) is 31.6 Å². The van der Waals surface area contributed by atoms with Crippen molar-refractivity contribution in [1.29, 1.82) is 0 Å². The van der Waals surface area contributed by atoms with Gasteiger partial charge in [0.05, 0.1) is 5.69 Å². The predicted molar refractivity (Wildman–Crippen MR) is 64.1 cm³/mol. The lowest BCUT2D eigenvalue weighted by atomic mass is 9.94. The second-order valence-corrected chi connectivity index (χ2v) is 4.34. The molecule has 0 bridgehead atoms. The van der Waals surface area contributed by atoms with Gasteiger partial charge in [0, 0.05) is 18.2 Å². The molecule has 17 heavy (non-hydrogen) atoms. The molecule has 5 heteroatoms. The van der Waals surface area contributed by atoms with Gasteiger partial charge in [-0.1, -0.05) is 0 Å². The lowest BCUT2D eigenvalue weighted by Gasteiger charge is -2.21. The third-order valence-electron chi connectivity index (χ3n) is 3.23. The Labute approximate surface area is 98.5 Å². The van der Waals surface area contributed by atoms with Crippen LogP contribution in [0.2, 0.25) is 0 Å². The zero-order chi connectivity index (χ0) is 11.7. The number of nitrogens with one attached hydrogen (secondary N) is 1. The molecule has 0 amide bonds. The fourth-order valence-electron chi connectivity index (χ4n) is 2.27. The number of hydrogen-bond donors (Lipinski definition) is 1. The molecule has 1 fully saturated rings. The summed E-state index contributed by atoms with van der Waals surface area (Å²) in [7, 11) is 0. The van der Waals surface area contributed by atoms with E-state index in [1.165, 1.54) is 16.8 Å². The van der Waals surface area contributed by atoms with Crippen LogP contribution in [0.15, 0.2) is 29.2 Å². The molecule has 88 valence electrons. The van der Waals surface area contributed by atoms with E-state index in [-0.39, 0.29) is 5.56 Å². The molecular formula is C12H14N4O. The highest BCUT2D eigenvalue weighted by Gasteiger charge is 2.17.